The number of ketones is 1. The molecule has 20 heavy (non-hydrogen) atoms. The number of nitrogens with zero attached hydrogens (tertiary/aromatic N) is 1. The van der Waals surface area contributed by atoms with Gasteiger partial charge in [-0.2, -0.15) is 5.26 Å². The number of para-hydroxylation sites is 1. The van der Waals surface area contributed by atoms with Crippen LogP contribution in [0.15, 0.2) is 54.6 Å². The van der Waals surface area contributed by atoms with Crippen LogP contribution in [0.5, 0.6) is 5.75 Å². The van der Waals surface area contributed by atoms with Crippen molar-refractivity contribution in [1.82, 2.24) is 0 Å². The summed E-state index contributed by atoms with van der Waals surface area (Å²) in [5.41, 5.74) is -1.20. The van der Waals surface area contributed by atoms with E-state index >= 15 is 0 Å². The van der Waals surface area contributed by atoms with Gasteiger partial charge in [0.2, 0.25) is 0 Å². The number of rotatable bonds is 1. The summed E-state index contributed by atoms with van der Waals surface area (Å²) in [6, 6.07) is 16.8. The van der Waals surface area contributed by atoms with Gasteiger partial charge in [0.05, 0.1) is 0 Å². The number of benzene rings is 2. The second-order valence-electron chi connectivity index (χ2n) is 4.54. The Labute approximate surface area is 115 Å². The lowest BCUT2D eigenvalue weighted by atomic mass is 9.83. The highest BCUT2D eigenvalue weighted by atomic mass is 16.5. The van der Waals surface area contributed by atoms with Crippen LogP contribution in [-0.2, 0) is 10.4 Å². The first-order valence-electron chi connectivity index (χ1n) is 6.14. The van der Waals surface area contributed by atoms with E-state index in [2.05, 4.69) is 0 Å². The molecule has 0 aliphatic carbocycles. The highest BCUT2D eigenvalue weighted by molar-refractivity contribution is 5.97. The Morgan fingerprint density at radius 3 is 2.45 bits per heavy atom. The Kier molecular flexibility index (Phi) is 2.78. The summed E-state index contributed by atoms with van der Waals surface area (Å²) >= 11 is 0. The second-order valence-corrected chi connectivity index (χ2v) is 4.54. The molecular formula is C16H10NO3-. The molecular weight excluding hydrogens is 254 g/mol. The van der Waals surface area contributed by atoms with Crippen molar-refractivity contribution in [2.75, 3.05) is 0 Å². The minimum atomic E-state index is -1.86. The molecule has 1 heterocycles. The van der Waals surface area contributed by atoms with Gasteiger partial charge in [0.15, 0.2) is 5.78 Å². The number of fused-ring (bicyclic) bond motifs is 1. The van der Waals surface area contributed by atoms with Gasteiger partial charge in [0, 0.05) is 5.56 Å². The summed E-state index contributed by atoms with van der Waals surface area (Å²) in [5.74, 6) is -0.484. The SMILES string of the molecule is N#CC1(c2ccccc2)Oc2ccccc2C([O-])C1=O. The van der Waals surface area contributed by atoms with Crippen molar-refractivity contribution in [3.05, 3.63) is 65.7 Å². The predicted octanol–water partition coefficient (Wildman–Crippen LogP) is 1.47. The third-order valence-electron chi connectivity index (χ3n) is 3.39. The van der Waals surface area contributed by atoms with Crippen molar-refractivity contribution in [2.45, 2.75) is 11.7 Å². The van der Waals surface area contributed by atoms with Crippen LogP contribution in [-0.4, -0.2) is 5.78 Å². The second kappa shape index (κ2) is 4.48. The largest absolute Gasteiger partial charge is 0.843 e. The maximum absolute atomic E-state index is 12.4. The molecule has 0 saturated carbocycles. The van der Waals surface area contributed by atoms with Gasteiger partial charge in [0.1, 0.15) is 11.8 Å². The van der Waals surface area contributed by atoms with Crippen molar-refractivity contribution < 1.29 is 14.6 Å². The van der Waals surface area contributed by atoms with Crippen LogP contribution in [0.1, 0.15) is 17.2 Å². The molecule has 0 saturated heterocycles. The molecule has 0 amide bonds. The fraction of sp³-hybridized carbons (Fsp3) is 0.125. The normalized spacial score (nSPS) is 24.4. The molecule has 0 radical (unpaired) electrons. The Bertz CT molecular complexity index is 705. The molecule has 3 rings (SSSR count). The molecule has 0 fully saturated rings. The molecule has 0 bridgehead atoms. The lowest BCUT2D eigenvalue weighted by molar-refractivity contribution is -0.413. The van der Waals surface area contributed by atoms with E-state index in [9.17, 15) is 15.2 Å². The molecule has 4 nitrogen and oxygen atoms in total. The quantitative estimate of drug-likeness (QED) is 0.781. The minimum absolute atomic E-state index is 0.277. The molecule has 1 aliphatic rings. The number of hydrogen-bond donors (Lipinski definition) is 0. The smallest absolute Gasteiger partial charge is 0.276 e. The van der Waals surface area contributed by atoms with Crippen LogP contribution in [0.4, 0.5) is 0 Å². The lowest BCUT2D eigenvalue weighted by Gasteiger charge is -2.39. The Balaban J connectivity index is 2.20. The van der Waals surface area contributed by atoms with Crippen molar-refractivity contribution in [2.24, 2.45) is 0 Å². The van der Waals surface area contributed by atoms with Gasteiger partial charge in [-0.15, -0.1) is 0 Å². The van der Waals surface area contributed by atoms with Gasteiger partial charge >= 0.3 is 0 Å². The first-order chi connectivity index (χ1) is 9.69. The first kappa shape index (κ1) is 12.4. The van der Waals surface area contributed by atoms with Crippen LogP contribution in [0.25, 0.3) is 0 Å². The highest BCUT2D eigenvalue weighted by Crippen LogP contribution is 2.40. The number of Topliss-reactive ketones (excluding diaryl/α,β-unsaturated/α-hetero) is 1. The lowest BCUT2D eigenvalue weighted by Crippen LogP contribution is -2.49. The van der Waals surface area contributed by atoms with E-state index < -0.39 is 17.5 Å². The summed E-state index contributed by atoms with van der Waals surface area (Å²) in [7, 11) is 0. The standard InChI is InChI=1S/C16H10NO3/c17-10-16(11-6-2-1-3-7-11)15(19)14(18)12-8-4-5-9-13(12)20-16/h1-9,14H/q-1. The van der Waals surface area contributed by atoms with E-state index in [1.165, 1.54) is 0 Å². The van der Waals surface area contributed by atoms with E-state index in [0.717, 1.165) is 0 Å². The zero-order valence-electron chi connectivity index (χ0n) is 10.4. The third-order valence-corrected chi connectivity index (χ3v) is 3.39. The number of nitriles is 1. The molecule has 98 valence electrons. The zero-order chi connectivity index (χ0) is 14.2. The fourth-order valence-electron chi connectivity index (χ4n) is 2.35. The number of carbonyl (C=O) groups is 1. The van der Waals surface area contributed by atoms with Crippen LogP contribution in [0.2, 0.25) is 0 Å². The number of carbonyl (C=O) groups excluding carboxylic acids is 1. The fourth-order valence-corrected chi connectivity index (χ4v) is 2.35. The van der Waals surface area contributed by atoms with Gasteiger partial charge in [-0.25, -0.2) is 0 Å². The molecule has 2 aromatic rings. The molecule has 1 aliphatic heterocycles. The van der Waals surface area contributed by atoms with Gasteiger partial charge in [-0.05, 0) is 17.7 Å². The highest BCUT2D eigenvalue weighted by Gasteiger charge is 2.47. The van der Waals surface area contributed by atoms with Crippen LogP contribution in [0, 0.1) is 11.3 Å². The summed E-state index contributed by atoms with van der Waals surface area (Å²) in [4.78, 5) is 12.4. The summed E-state index contributed by atoms with van der Waals surface area (Å²) in [5, 5.41) is 21.7. The first-order valence-corrected chi connectivity index (χ1v) is 6.14. The molecule has 2 aromatic carbocycles. The van der Waals surface area contributed by atoms with E-state index in [1.54, 1.807) is 54.6 Å². The molecule has 0 spiro atoms. The number of hydrogen-bond acceptors (Lipinski definition) is 4. The molecule has 4 heteroatoms. The maximum atomic E-state index is 12.4. The monoisotopic (exact) mass is 264 g/mol. The Morgan fingerprint density at radius 1 is 1.10 bits per heavy atom. The molecule has 0 aromatic heterocycles. The van der Waals surface area contributed by atoms with Gasteiger partial charge in [-0.3, -0.25) is 4.79 Å². The van der Waals surface area contributed by atoms with Gasteiger partial charge < -0.3 is 9.84 Å². The Hall–Kier alpha value is -2.64. The van der Waals surface area contributed by atoms with Crippen molar-refractivity contribution in [3.8, 4) is 11.8 Å². The van der Waals surface area contributed by atoms with E-state index in [4.69, 9.17) is 4.74 Å². The summed E-state index contributed by atoms with van der Waals surface area (Å²) in [6.07, 6.45) is -1.61. The van der Waals surface area contributed by atoms with Crippen molar-refractivity contribution in [1.29, 1.82) is 5.26 Å². The minimum Gasteiger partial charge on any atom is -0.843 e. The average Bonchev–Trinajstić information content (AvgIpc) is 2.52. The summed E-state index contributed by atoms with van der Waals surface area (Å²) in [6.45, 7) is 0. The topological polar surface area (TPSA) is 73.2 Å². The van der Waals surface area contributed by atoms with E-state index in [0.29, 0.717) is 5.56 Å². The van der Waals surface area contributed by atoms with Gasteiger partial charge in [0.25, 0.3) is 5.60 Å². The van der Waals surface area contributed by atoms with E-state index in [-0.39, 0.29) is 11.3 Å². The molecule has 2 atom stereocenters. The van der Waals surface area contributed by atoms with Crippen molar-refractivity contribution >= 4 is 5.78 Å². The Morgan fingerprint density at radius 2 is 1.75 bits per heavy atom. The van der Waals surface area contributed by atoms with Crippen molar-refractivity contribution in [3.63, 3.8) is 0 Å². The molecule has 2 unspecified atom stereocenters. The predicted molar refractivity (Wildman–Crippen MR) is 68.6 cm³/mol. The molecule has 0 N–H and O–H groups in total. The maximum Gasteiger partial charge on any atom is 0.276 e. The number of ether oxygens (including phenoxy) is 1. The zero-order valence-corrected chi connectivity index (χ0v) is 10.4. The third kappa shape index (κ3) is 1.61. The van der Waals surface area contributed by atoms with Crippen LogP contribution >= 0.6 is 0 Å². The van der Waals surface area contributed by atoms with Gasteiger partial charge in [-0.1, -0.05) is 48.5 Å². The van der Waals surface area contributed by atoms with Crippen LogP contribution in [0.3, 0.4) is 0 Å². The average molecular weight is 264 g/mol. The van der Waals surface area contributed by atoms with E-state index in [1.807, 2.05) is 6.07 Å². The summed E-state index contributed by atoms with van der Waals surface area (Å²) < 4.78 is 5.63. The van der Waals surface area contributed by atoms with Crippen LogP contribution < -0.4 is 9.84 Å².